The van der Waals surface area contributed by atoms with Crippen molar-refractivity contribution in [2.45, 2.75) is 12.2 Å². The molecule has 0 aromatic heterocycles. The van der Waals surface area contributed by atoms with Gasteiger partial charge >= 0.3 is 0 Å². The summed E-state index contributed by atoms with van der Waals surface area (Å²) in [5.41, 5.74) is 13.4. The third kappa shape index (κ3) is 2.60. The Labute approximate surface area is 90.8 Å². The molecule has 0 amide bonds. The lowest BCUT2D eigenvalue weighted by molar-refractivity contribution is 0.0227. The highest BCUT2D eigenvalue weighted by Gasteiger charge is 2.22. The first-order valence-corrected chi connectivity index (χ1v) is 4.48. The Bertz CT molecular complexity index is 400. The van der Waals surface area contributed by atoms with Crippen LogP contribution in [0.5, 0.6) is 0 Å². The molecule has 6 nitrogen and oxygen atoms in total. The maximum atomic E-state index is 13.3. The second kappa shape index (κ2) is 5.32. The molecule has 0 fully saturated rings. The van der Waals surface area contributed by atoms with E-state index in [-0.39, 0.29) is 17.8 Å². The lowest BCUT2D eigenvalue weighted by Crippen LogP contribution is -2.23. The monoisotopic (exact) mass is 226 g/mol. The van der Waals surface area contributed by atoms with Crippen LogP contribution in [-0.4, -0.2) is 22.9 Å². The van der Waals surface area contributed by atoms with Crippen molar-refractivity contribution in [3.8, 4) is 0 Å². The van der Waals surface area contributed by atoms with Crippen molar-refractivity contribution in [2.75, 3.05) is 12.3 Å². The van der Waals surface area contributed by atoms with Crippen LogP contribution in [0.15, 0.2) is 23.3 Å². The number of aliphatic hydroxyl groups excluding tert-OH is 2. The van der Waals surface area contributed by atoms with Crippen LogP contribution in [-0.2, 0) is 0 Å². The van der Waals surface area contributed by atoms with Gasteiger partial charge in [-0.15, -0.1) is 0 Å². The van der Waals surface area contributed by atoms with Crippen LogP contribution in [0.1, 0.15) is 11.7 Å². The zero-order valence-electron chi connectivity index (χ0n) is 8.29. The van der Waals surface area contributed by atoms with E-state index in [0.29, 0.717) is 0 Å². The van der Waals surface area contributed by atoms with Gasteiger partial charge < -0.3 is 15.9 Å². The van der Waals surface area contributed by atoms with Crippen LogP contribution >= 0.6 is 0 Å². The van der Waals surface area contributed by atoms with E-state index in [1.807, 2.05) is 0 Å². The minimum atomic E-state index is -1.52. The molecule has 1 aromatic rings. The maximum Gasteiger partial charge on any atom is 0.131 e. The molecule has 0 spiro atoms. The number of halogens is 1. The zero-order chi connectivity index (χ0) is 12.1. The first-order chi connectivity index (χ1) is 7.57. The van der Waals surface area contributed by atoms with Crippen LogP contribution < -0.4 is 5.73 Å². The second-order valence-electron chi connectivity index (χ2n) is 3.17. The molecule has 1 rings (SSSR count). The first-order valence-electron chi connectivity index (χ1n) is 4.48. The molecule has 86 valence electrons. The minimum absolute atomic E-state index is 0.0347. The summed E-state index contributed by atoms with van der Waals surface area (Å²) in [5, 5.41) is 22.1. The Morgan fingerprint density at radius 2 is 2.19 bits per heavy atom. The van der Waals surface area contributed by atoms with E-state index in [9.17, 15) is 14.6 Å². The molecule has 0 saturated carbocycles. The van der Waals surface area contributed by atoms with Gasteiger partial charge in [0.25, 0.3) is 0 Å². The van der Waals surface area contributed by atoms with Gasteiger partial charge in [-0.1, -0.05) is 11.2 Å². The average Bonchev–Trinajstić information content (AvgIpc) is 2.25. The SMILES string of the molecule is [N-]=[N+]=NCC(O)C(O)c1c(N)cccc1F. The van der Waals surface area contributed by atoms with Gasteiger partial charge in [0.1, 0.15) is 11.9 Å². The van der Waals surface area contributed by atoms with E-state index in [1.165, 1.54) is 12.1 Å². The first kappa shape index (κ1) is 12.3. The number of anilines is 1. The van der Waals surface area contributed by atoms with Gasteiger partial charge in [-0.2, -0.15) is 0 Å². The number of nitrogen functional groups attached to an aromatic ring is 1. The van der Waals surface area contributed by atoms with Crippen molar-refractivity contribution in [3.63, 3.8) is 0 Å². The second-order valence-corrected chi connectivity index (χ2v) is 3.17. The Morgan fingerprint density at radius 1 is 1.50 bits per heavy atom. The number of rotatable bonds is 4. The third-order valence-electron chi connectivity index (χ3n) is 2.08. The summed E-state index contributed by atoms with van der Waals surface area (Å²) in [7, 11) is 0. The van der Waals surface area contributed by atoms with E-state index in [2.05, 4.69) is 10.0 Å². The molecule has 0 aliphatic carbocycles. The molecule has 0 heterocycles. The van der Waals surface area contributed by atoms with Crippen molar-refractivity contribution in [2.24, 2.45) is 5.11 Å². The van der Waals surface area contributed by atoms with Gasteiger partial charge in [0.2, 0.25) is 0 Å². The van der Waals surface area contributed by atoms with E-state index in [4.69, 9.17) is 11.3 Å². The predicted molar refractivity (Wildman–Crippen MR) is 55.8 cm³/mol. The van der Waals surface area contributed by atoms with Gasteiger partial charge in [0, 0.05) is 16.2 Å². The Kier molecular flexibility index (Phi) is 4.07. The summed E-state index contributed by atoms with van der Waals surface area (Å²) in [5.74, 6) is -0.715. The van der Waals surface area contributed by atoms with E-state index in [0.717, 1.165) is 6.07 Å². The van der Waals surface area contributed by atoms with Gasteiger partial charge in [0.15, 0.2) is 0 Å². The van der Waals surface area contributed by atoms with E-state index < -0.39 is 18.0 Å². The summed E-state index contributed by atoms with van der Waals surface area (Å²) >= 11 is 0. The molecule has 0 bridgehead atoms. The van der Waals surface area contributed by atoms with Crippen molar-refractivity contribution in [1.82, 2.24) is 0 Å². The van der Waals surface area contributed by atoms with Crippen molar-refractivity contribution in [3.05, 3.63) is 40.0 Å². The largest absolute Gasteiger partial charge is 0.398 e. The minimum Gasteiger partial charge on any atom is -0.398 e. The molecule has 1 aromatic carbocycles. The number of nitrogens with zero attached hydrogens (tertiary/aromatic N) is 3. The molecule has 4 N–H and O–H groups in total. The fourth-order valence-corrected chi connectivity index (χ4v) is 1.28. The summed E-state index contributed by atoms with van der Waals surface area (Å²) in [6, 6.07) is 3.91. The highest BCUT2D eigenvalue weighted by molar-refractivity contribution is 5.48. The molecule has 2 atom stereocenters. The van der Waals surface area contributed by atoms with Gasteiger partial charge in [-0.3, -0.25) is 0 Å². The highest BCUT2D eigenvalue weighted by Crippen LogP contribution is 2.26. The quantitative estimate of drug-likeness (QED) is 0.309. The van der Waals surface area contributed by atoms with Crippen LogP contribution in [0.3, 0.4) is 0 Å². The van der Waals surface area contributed by atoms with E-state index >= 15 is 0 Å². The smallest absolute Gasteiger partial charge is 0.131 e. The van der Waals surface area contributed by atoms with Crippen LogP contribution in [0.4, 0.5) is 10.1 Å². The molecule has 2 unspecified atom stereocenters. The molecule has 0 aliphatic heterocycles. The van der Waals surface area contributed by atoms with Crippen molar-refractivity contribution >= 4 is 5.69 Å². The zero-order valence-corrected chi connectivity index (χ0v) is 8.29. The Morgan fingerprint density at radius 3 is 2.75 bits per heavy atom. The van der Waals surface area contributed by atoms with Gasteiger partial charge in [-0.25, -0.2) is 4.39 Å². The normalized spacial score (nSPS) is 13.9. The predicted octanol–water partition coefficient (Wildman–Crippen LogP) is 1.11. The number of hydrogen-bond donors (Lipinski definition) is 3. The lowest BCUT2D eigenvalue weighted by atomic mass is 10.0. The summed E-state index contributed by atoms with van der Waals surface area (Å²) in [6.07, 6.45) is -2.92. The summed E-state index contributed by atoms with van der Waals surface area (Å²) in [6.45, 7) is -0.356. The molecule has 0 aliphatic rings. The van der Waals surface area contributed by atoms with Crippen LogP contribution in [0.2, 0.25) is 0 Å². The molecule has 0 saturated heterocycles. The summed E-state index contributed by atoms with van der Waals surface area (Å²) in [4.78, 5) is 2.43. The van der Waals surface area contributed by atoms with Gasteiger partial charge in [-0.05, 0) is 17.7 Å². The van der Waals surface area contributed by atoms with E-state index in [1.54, 1.807) is 0 Å². The Balaban J connectivity index is 2.95. The number of aliphatic hydroxyl groups is 2. The van der Waals surface area contributed by atoms with Gasteiger partial charge in [0.05, 0.1) is 12.6 Å². The molecular formula is C9H11FN4O2. The number of nitrogens with two attached hydrogens (primary N) is 1. The number of benzene rings is 1. The van der Waals surface area contributed by atoms with Crippen LogP contribution in [0, 0.1) is 5.82 Å². The third-order valence-corrected chi connectivity index (χ3v) is 2.08. The number of azide groups is 1. The fraction of sp³-hybridized carbons (Fsp3) is 0.333. The molecule has 0 radical (unpaired) electrons. The Hall–Kier alpha value is -1.82. The average molecular weight is 226 g/mol. The maximum absolute atomic E-state index is 13.3. The molecule has 16 heavy (non-hydrogen) atoms. The highest BCUT2D eigenvalue weighted by atomic mass is 19.1. The molecular weight excluding hydrogens is 215 g/mol. The van der Waals surface area contributed by atoms with Crippen molar-refractivity contribution < 1.29 is 14.6 Å². The summed E-state index contributed by atoms with van der Waals surface area (Å²) < 4.78 is 13.3. The lowest BCUT2D eigenvalue weighted by Gasteiger charge is -2.18. The van der Waals surface area contributed by atoms with Crippen LogP contribution in [0.25, 0.3) is 10.4 Å². The standard InChI is InChI=1S/C9H11FN4O2/c10-5-2-1-3-6(11)8(5)9(16)7(15)4-13-14-12/h1-3,7,9,15-16H,4,11H2. The van der Waals surface area contributed by atoms with Crippen molar-refractivity contribution in [1.29, 1.82) is 0 Å². The fourth-order valence-electron chi connectivity index (χ4n) is 1.28. The topological polar surface area (TPSA) is 115 Å². The number of hydrogen-bond acceptors (Lipinski definition) is 4. The molecule has 7 heteroatoms.